The van der Waals surface area contributed by atoms with Crippen LogP contribution in [-0.4, -0.2) is 23.9 Å². The van der Waals surface area contributed by atoms with Crippen molar-refractivity contribution in [1.29, 1.82) is 0 Å². The number of hydrogen-bond donors (Lipinski definition) is 1. The summed E-state index contributed by atoms with van der Waals surface area (Å²) in [7, 11) is 0. The maximum absolute atomic E-state index is 9.73. The van der Waals surface area contributed by atoms with E-state index in [1.54, 1.807) is 6.92 Å². The van der Waals surface area contributed by atoms with E-state index in [1.165, 1.54) is 0 Å². The Hall–Kier alpha value is -0.580. The summed E-state index contributed by atoms with van der Waals surface area (Å²) in [5.74, 6) is 0.733. The summed E-state index contributed by atoms with van der Waals surface area (Å²) in [5, 5.41) is 9.73. The van der Waals surface area contributed by atoms with Crippen LogP contribution in [0.4, 0.5) is 0 Å². The van der Waals surface area contributed by atoms with Crippen LogP contribution in [0.3, 0.4) is 0 Å². The average Bonchev–Trinajstić information content (AvgIpc) is 2.73. The van der Waals surface area contributed by atoms with Gasteiger partial charge in [-0.2, -0.15) is 0 Å². The summed E-state index contributed by atoms with van der Waals surface area (Å²) >= 11 is 3.40. The summed E-state index contributed by atoms with van der Waals surface area (Å²) < 4.78 is 12.4. The first-order valence-electron chi connectivity index (χ1n) is 6.32. The zero-order valence-electron chi connectivity index (χ0n) is 10.7. The van der Waals surface area contributed by atoms with Crippen LogP contribution in [0.1, 0.15) is 38.4 Å². The summed E-state index contributed by atoms with van der Waals surface area (Å²) in [6.07, 6.45) is 2.10. The van der Waals surface area contributed by atoms with Gasteiger partial charge in [-0.1, -0.05) is 15.9 Å². The highest BCUT2D eigenvalue weighted by Gasteiger charge is 2.22. The van der Waals surface area contributed by atoms with Crippen LogP contribution in [0.2, 0.25) is 0 Å². The number of rotatable bonds is 4. The molecule has 1 saturated heterocycles. The molecular formula is C14H19BrO3. The zero-order chi connectivity index (χ0) is 13.1. The van der Waals surface area contributed by atoms with Crippen LogP contribution in [0.15, 0.2) is 22.7 Å². The Bertz CT molecular complexity index is 406. The number of ether oxygens (including phenoxy) is 2. The Morgan fingerprint density at radius 3 is 2.89 bits per heavy atom. The van der Waals surface area contributed by atoms with Crippen LogP contribution in [-0.2, 0) is 4.74 Å². The van der Waals surface area contributed by atoms with Crippen molar-refractivity contribution in [2.75, 3.05) is 6.61 Å². The molecule has 0 spiro atoms. The second-order valence-corrected chi connectivity index (χ2v) is 5.73. The van der Waals surface area contributed by atoms with Gasteiger partial charge in [-0.25, -0.2) is 0 Å². The number of aliphatic hydroxyl groups is 1. The van der Waals surface area contributed by atoms with Gasteiger partial charge >= 0.3 is 0 Å². The third-order valence-corrected chi connectivity index (χ3v) is 3.66. The highest BCUT2D eigenvalue weighted by Crippen LogP contribution is 2.29. The van der Waals surface area contributed by atoms with Gasteiger partial charge in [0.05, 0.1) is 18.3 Å². The first kappa shape index (κ1) is 13.8. The van der Waals surface area contributed by atoms with Crippen molar-refractivity contribution in [1.82, 2.24) is 0 Å². The van der Waals surface area contributed by atoms with Crippen molar-refractivity contribution in [3.05, 3.63) is 28.2 Å². The molecule has 0 saturated carbocycles. The summed E-state index contributed by atoms with van der Waals surface area (Å²) in [6, 6.07) is 5.68. The molecule has 0 amide bonds. The van der Waals surface area contributed by atoms with Crippen molar-refractivity contribution in [2.45, 2.75) is 45.0 Å². The van der Waals surface area contributed by atoms with Crippen LogP contribution < -0.4 is 4.74 Å². The molecule has 4 heteroatoms. The molecule has 0 radical (unpaired) electrons. The molecule has 1 fully saturated rings. The van der Waals surface area contributed by atoms with Crippen molar-refractivity contribution in [2.24, 2.45) is 0 Å². The fraction of sp³-hybridized carbons (Fsp3) is 0.571. The van der Waals surface area contributed by atoms with E-state index in [0.29, 0.717) is 12.7 Å². The minimum atomic E-state index is -0.541. The van der Waals surface area contributed by atoms with Crippen molar-refractivity contribution in [3.63, 3.8) is 0 Å². The standard InChI is InChI=1S/C14H19BrO3/c1-9-3-5-12(18-9)8-17-14-6-4-11(15)7-13(14)10(2)16/h4,6-7,9-10,12,16H,3,5,8H2,1-2H3/t9?,10-,12?/m0/s1. The van der Waals surface area contributed by atoms with Crippen LogP contribution in [0.5, 0.6) is 5.75 Å². The molecule has 1 heterocycles. The predicted octanol–water partition coefficient (Wildman–Crippen LogP) is 3.45. The summed E-state index contributed by atoms with van der Waals surface area (Å²) in [4.78, 5) is 0. The zero-order valence-corrected chi connectivity index (χ0v) is 12.3. The minimum absolute atomic E-state index is 0.172. The molecule has 100 valence electrons. The fourth-order valence-electron chi connectivity index (χ4n) is 2.17. The van der Waals surface area contributed by atoms with E-state index in [9.17, 15) is 5.11 Å². The van der Waals surface area contributed by atoms with E-state index in [0.717, 1.165) is 28.6 Å². The topological polar surface area (TPSA) is 38.7 Å². The van der Waals surface area contributed by atoms with E-state index in [-0.39, 0.29) is 6.10 Å². The first-order valence-corrected chi connectivity index (χ1v) is 7.11. The quantitative estimate of drug-likeness (QED) is 0.925. The molecule has 1 aromatic rings. The second-order valence-electron chi connectivity index (χ2n) is 4.82. The molecule has 0 aromatic heterocycles. The molecule has 18 heavy (non-hydrogen) atoms. The molecule has 0 bridgehead atoms. The van der Waals surface area contributed by atoms with Gasteiger partial charge in [0.25, 0.3) is 0 Å². The number of halogens is 1. The van der Waals surface area contributed by atoms with Gasteiger partial charge in [-0.3, -0.25) is 0 Å². The first-order chi connectivity index (χ1) is 8.56. The highest BCUT2D eigenvalue weighted by atomic mass is 79.9. The normalized spacial score (nSPS) is 25.1. The monoisotopic (exact) mass is 314 g/mol. The SMILES string of the molecule is CC1CCC(COc2ccc(Br)cc2[C@H](C)O)O1. The molecule has 3 nitrogen and oxygen atoms in total. The van der Waals surface area contributed by atoms with Gasteiger partial charge in [0.1, 0.15) is 12.4 Å². The molecule has 1 aliphatic heterocycles. The van der Waals surface area contributed by atoms with Crippen LogP contribution in [0, 0.1) is 0 Å². The van der Waals surface area contributed by atoms with Crippen molar-refractivity contribution >= 4 is 15.9 Å². The third kappa shape index (κ3) is 3.46. The van der Waals surface area contributed by atoms with E-state index in [4.69, 9.17) is 9.47 Å². The average molecular weight is 315 g/mol. The predicted molar refractivity (Wildman–Crippen MR) is 73.8 cm³/mol. The smallest absolute Gasteiger partial charge is 0.125 e. The Morgan fingerprint density at radius 2 is 2.28 bits per heavy atom. The lowest BCUT2D eigenvalue weighted by molar-refractivity contribution is 0.0256. The Labute approximate surface area is 116 Å². The van der Waals surface area contributed by atoms with E-state index < -0.39 is 6.10 Å². The largest absolute Gasteiger partial charge is 0.490 e. The van der Waals surface area contributed by atoms with E-state index >= 15 is 0 Å². The molecule has 2 rings (SSSR count). The number of benzene rings is 1. The Balaban J connectivity index is 2.00. The second kappa shape index (κ2) is 6.04. The van der Waals surface area contributed by atoms with Gasteiger partial charge in [0.2, 0.25) is 0 Å². The van der Waals surface area contributed by atoms with E-state index in [1.807, 2.05) is 18.2 Å². The third-order valence-electron chi connectivity index (χ3n) is 3.17. The fourth-order valence-corrected chi connectivity index (χ4v) is 2.55. The lowest BCUT2D eigenvalue weighted by atomic mass is 10.1. The molecule has 1 aromatic carbocycles. The molecule has 2 unspecified atom stereocenters. The van der Waals surface area contributed by atoms with Gasteiger partial charge in [-0.15, -0.1) is 0 Å². The minimum Gasteiger partial charge on any atom is -0.490 e. The highest BCUT2D eigenvalue weighted by molar-refractivity contribution is 9.10. The van der Waals surface area contributed by atoms with Crippen LogP contribution >= 0.6 is 15.9 Å². The molecule has 1 N–H and O–H groups in total. The number of hydrogen-bond acceptors (Lipinski definition) is 3. The Kier molecular flexibility index (Phi) is 4.65. The molecular weight excluding hydrogens is 296 g/mol. The van der Waals surface area contributed by atoms with Crippen molar-refractivity contribution in [3.8, 4) is 5.75 Å². The van der Waals surface area contributed by atoms with Gasteiger partial charge in [0, 0.05) is 10.0 Å². The van der Waals surface area contributed by atoms with Gasteiger partial charge in [0.15, 0.2) is 0 Å². The lowest BCUT2D eigenvalue weighted by Crippen LogP contribution is -2.18. The number of aliphatic hydroxyl groups excluding tert-OH is 1. The molecule has 0 aliphatic carbocycles. The van der Waals surface area contributed by atoms with Crippen LogP contribution in [0.25, 0.3) is 0 Å². The van der Waals surface area contributed by atoms with Gasteiger partial charge < -0.3 is 14.6 Å². The van der Waals surface area contributed by atoms with Gasteiger partial charge in [-0.05, 0) is 44.9 Å². The summed E-state index contributed by atoms with van der Waals surface area (Å²) in [6.45, 7) is 4.37. The van der Waals surface area contributed by atoms with E-state index in [2.05, 4.69) is 22.9 Å². The molecule has 3 atom stereocenters. The maximum atomic E-state index is 9.73. The van der Waals surface area contributed by atoms with Crippen molar-refractivity contribution < 1.29 is 14.6 Å². The lowest BCUT2D eigenvalue weighted by Gasteiger charge is -2.17. The maximum Gasteiger partial charge on any atom is 0.125 e. The molecule has 1 aliphatic rings. The Morgan fingerprint density at radius 1 is 1.50 bits per heavy atom. The summed E-state index contributed by atoms with van der Waals surface area (Å²) in [5.41, 5.74) is 0.801.